The number of carboxylic acids is 1. The van der Waals surface area contributed by atoms with Crippen LogP contribution >= 0.6 is 11.9 Å². The number of nitrogens with two attached hydrogens (primary N) is 1. The zero-order valence-corrected chi connectivity index (χ0v) is 8.65. The van der Waals surface area contributed by atoms with Crippen LogP contribution in [0.4, 0.5) is 0 Å². The first-order valence-corrected chi connectivity index (χ1v) is 5.00. The summed E-state index contributed by atoms with van der Waals surface area (Å²) < 4.78 is -0.333. The summed E-state index contributed by atoms with van der Waals surface area (Å²) in [7, 11) is 0. The van der Waals surface area contributed by atoms with Gasteiger partial charge in [0.2, 0.25) is 0 Å². The Balaban J connectivity index is 4.54. The summed E-state index contributed by atoms with van der Waals surface area (Å²) in [6.07, 6.45) is 1.41. The highest BCUT2D eigenvalue weighted by Crippen LogP contribution is 2.34. The van der Waals surface area contributed by atoms with Gasteiger partial charge in [0.25, 0.3) is 0 Å². The van der Waals surface area contributed by atoms with Gasteiger partial charge >= 0.3 is 5.97 Å². The molecule has 2 atom stereocenters. The van der Waals surface area contributed by atoms with Crippen molar-refractivity contribution in [3.8, 4) is 0 Å². The van der Waals surface area contributed by atoms with E-state index in [1.54, 1.807) is 0 Å². The first-order valence-electron chi connectivity index (χ1n) is 4.12. The minimum Gasteiger partial charge on any atom is -0.481 e. The van der Waals surface area contributed by atoms with Crippen LogP contribution in [0.25, 0.3) is 0 Å². The van der Waals surface area contributed by atoms with Gasteiger partial charge in [-0.15, -0.1) is 0 Å². The van der Waals surface area contributed by atoms with Crippen LogP contribution in [-0.4, -0.2) is 15.8 Å². The first kappa shape index (κ1) is 11.8. The highest BCUT2D eigenvalue weighted by molar-refractivity contribution is 7.98. The lowest BCUT2D eigenvalue weighted by atomic mass is 9.89. The van der Waals surface area contributed by atoms with Crippen LogP contribution in [0.5, 0.6) is 0 Å². The SMILES string of the molecule is CCC(C(=O)O)C(C)(CC)SN. The Morgan fingerprint density at radius 1 is 1.67 bits per heavy atom. The fourth-order valence-corrected chi connectivity index (χ4v) is 1.88. The number of carboxylic acid groups (broad SMARTS) is 1. The molecule has 3 N–H and O–H groups in total. The smallest absolute Gasteiger partial charge is 0.307 e. The van der Waals surface area contributed by atoms with Gasteiger partial charge in [-0.1, -0.05) is 25.8 Å². The van der Waals surface area contributed by atoms with E-state index in [4.69, 9.17) is 10.2 Å². The molecule has 0 aliphatic rings. The first-order chi connectivity index (χ1) is 5.51. The molecule has 0 aromatic carbocycles. The third kappa shape index (κ3) is 2.38. The van der Waals surface area contributed by atoms with E-state index in [0.717, 1.165) is 18.4 Å². The van der Waals surface area contributed by atoms with Crippen molar-refractivity contribution in [1.82, 2.24) is 0 Å². The highest BCUT2D eigenvalue weighted by atomic mass is 32.2. The van der Waals surface area contributed by atoms with E-state index >= 15 is 0 Å². The van der Waals surface area contributed by atoms with Gasteiger partial charge in [-0.25, -0.2) is 0 Å². The van der Waals surface area contributed by atoms with Gasteiger partial charge in [0.05, 0.1) is 5.92 Å². The van der Waals surface area contributed by atoms with Gasteiger partial charge in [-0.05, 0) is 19.8 Å². The van der Waals surface area contributed by atoms with Crippen LogP contribution < -0.4 is 5.14 Å². The third-order valence-electron chi connectivity index (χ3n) is 2.41. The Morgan fingerprint density at radius 3 is 2.25 bits per heavy atom. The average molecular weight is 191 g/mol. The van der Waals surface area contributed by atoms with Gasteiger partial charge in [0.15, 0.2) is 0 Å². The van der Waals surface area contributed by atoms with Gasteiger partial charge in [-0.3, -0.25) is 9.93 Å². The predicted octanol–water partition coefficient (Wildman–Crippen LogP) is 1.87. The van der Waals surface area contributed by atoms with E-state index in [1.807, 2.05) is 20.8 Å². The summed E-state index contributed by atoms with van der Waals surface area (Å²) in [5, 5.41) is 14.4. The largest absolute Gasteiger partial charge is 0.481 e. The van der Waals surface area contributed by atoms with Crippen LogP contribution in [-0.2, 0) is 4.79 Å². The van der Waals surface area contributed by atoms with Crippen molar-refractivity contribution in [2.45, 2.75) is 38.4 Å². The van der Waals surface area contributed by atoms with E-state index in [9.17, 15) is 4.79 Å². The molecule has 0 aromatic rings. The van der Waals surface area contributed by atoms with E-state index < -0.39 is 5.97 Å². The van der Waals surface area contributed by atoms with Crippen LogP contribution in [0.3, 0.4) is 0 Å². The second-order valence-corrected chi connectivity index (χ2v) is 4.25. The van der Waals surface area contributed by atoms with E-state index in [-0.39, 0.29) is 10.7 Å². The number of carbonyl (C=O) groups is 1. The molecule has 0 radical (unpaired) electrons. The summed E-state index contributed by atoms with van der Waals surface area (Å²) in [6, 6.07) is 0. The summed E-state index contributed by atoms with van der Waals surface area (Å²) in [6.45, 7) is 5.74. The number of hydrogen-bond acceptors (Lipinski definition) is 3. The monoisotopic (exact) mass is 191 g/mol. The number of aliphatic carboxylic acids is 1. The lowest BCUT2D eigenvalue weighted by Gasteiger charge is -2.31. The van der Waals surface area contributed by atoms with Crippen molar-refractivity contribution in [2.24, 2.45) is 11.1 Å². The summed E-state index contributed by atoms with van der Waals surface area (Å²) in [5.74, 6) is -1.10. The summed E-state index contributed by atoms with van der Waals surface area (Å²) in [4.78, 5) is 10.8. The molecule has 2 unspecified atom stereocenters. The Morgan fingerprint density at radius 2 is 2.17 bits per heavy atom. The van der Waals surface area contributed by atoms with Crippen LogP contribution in [0, 0.1) is 5.92 Å². The van der Waals surface area contributed by atoms with Gasteiger partial charge in [0.1, 0.15) is 0 Å². The number of hydrogen-bond donors (Lipinski definition) is 2. The average Bonchev–Trinajstić information content (AvgIpc) is 2.04. The van der Waals surface area contributed by atoms with Gasteiger partial charge in [-0.2, -0.15) is 0 Å². The molecular formula is C8H17NO2S. The molecule has 0 spiro atoms. The maximum Gasteiger partial charge on any atom is 0.307 e. The quantitative estimate of drug-likeness (QED) is 0.651. The maximum atomic E-state index is 10.8. The molecule has 4 heteroatoms. The molecule has 0 saturated heterocycles. The lowest BCUT2D eigenvalue weighted by Crippen LogP contribution is -2.37. The molecule has 0 aliphatic heterocycles. The molecule has 0 amide bonds. The van der Waals surface area contributed by atoms with Crippen molar-refractivity contribution in [3.63, 3.8) is 0 Å². The molecule has 72 valence electrons. The zero-order valence-electron chi connectivity index (χ0n) is 7.83. The van der Waals surface area contributed by atoms with Gasteiger partial charge in [0, 0.05) is 4.75 Å². The van der Waals surface area contributed by atoms with Crippen molar-refractivity contribution in [2.75, 3.05) is 0 Å². The maximum absolute atomic E-state index is 10.8. The van der Waals surface area contributed by atoms with E-state index in [1.165, 1.54) is 0 Å². The highest BCUT2D eigenvalue weighted by Gasteiger charge is 2.36. The molecule has 0 rings (SSSR count). The molecule has 0 aliphatic carbocycles. The standard InChI is InChI=1S/C8H17NO2S/c1-4-6(7(10)11)8(3,5-2)12-9/h6H,4-5,9H2,1-3H3,(H,10,11). The Bertz CT molecular complexity index is 157. The molecular weight excluding hydrogens is 174 g/mol. The Kier molecular flexibility index (Phi) is 4.63. The molecule has 12 heavy (non-hydrogen) atoms. The van der Waals surface area contributed by atoms with Crippen molar-refractivity contribution in [3.05, 3.63) is 0 Å². The molecule has 3 nitrogen and oxygen atoms in total. The van der Waals surface area contributed by atoms with Crippen LogP contribution in [0.15, 0.2) is 0 Å². The number of rotatable bonds is 5. The zero-order chi connectivity index (χ0) is 9.78. The minimum atomic E-state index is -0.750. The topological polar surface area (TPSA) is 63.3 Å². The van der Waals surface area contributed by atoms with E-state index in [2.05, 4.69) is 0 Å². The summed E-state index contributed by atoms with van der Waals surface area (Å²) >= 11 is 1.15. The predicted molar refractivity (Wildman–Crippen MR) is 51.9 cm³/mol. The summed E-state index contributed by atoms with van der Waals surface area (Å²) in [5.41, 5.74) is 0. The van der Waals surface area contributed by atoms with Gasteiger partial charge < -0.3 is 5.11 Å². The normalized spacial score (nSPS) is 18.3. The van der Waals surface area contributed by atoms with Crippen molar-refractivity contribution >= 4 is 17.9 Å². The minimum absolute atomic E-state index is 0.333. The fourth-order valence-electron chi connectivity index (χ4n) is 1.28. The lowest BCUT2D eigenvalue weighted by molar-refractivity contribution is -0.142. The fraction of sp³-hybridized carbons (Fsp3) is 0.875. The van der Waals surface area contributed by atoms with E-state index in [0.29, 0.717) is 6.42 Å². The Hall–Kier alpha value is -0.220. The van der Waals surface area contributed by atoms with Crippen LogP contribution in [0.1, 0.15) is 33.6 Å². The molecule has 0 aromatic heterocycles. The Labute approximate surface area is 77.8 Å². The molecule has 0 heterocycles. The van der Waals surface area contributed by atoms with Crippen LogP contribution in [0.2, 0.25) is 0 Å². The second kappa shape index (κ2) is 4.72. The molecule has 0 fully saturated rings. The molecule has 0 saturated carbocycles. The molecule has 0 bridgehead atoms. The third-order valence-corrected chi connectivity index (χ3v) is 3.53. The van der Waals surface area contributed by atoms with Crippen molar-refractivity contribution in [1.29, 1.82) is 0 Å². The second-order valence-electron chi connectivity index (χ2n) is 3.08. The van der Waals surface area contributed by atoms with Crippen molar-refractivity contribution < 1.29 is 9.90 Å².